The molecule has 1 aliphatic heterocycles. The summed E-state index contributed by atoms with van der Waals surface area (Å²) in [6, 6.07) is 12.2. The minimum absolute atomic E-state index is 0.376. The first kappa shape index (κ1) is 24.0. The van der Waals surface area contributed by atoms with E-state index in [4.69, 9.17) is 14.5 Å². The number of imidazole rings is 1. The predicted octanol–water partition coefficient (Wildman–Crippen LogP) is 5.43. The summed E-state index contributed by atoms with van der Waals surface area (Å²) >= 11 is 0. The van der Waals surface area contributed by atoms with Crippen molar-refractivity contribution >= 4 is 16.9 Å². The summed E-state index contributed by atoms with van der Waals surface area (Å²) in [5.74, 6) is 3.87. The Morgan fingerprint density at radius 1 is 0.895 bits per heavy atom. The summed E-state index contributed by atoms with van der Waals surface area (Å²) in [5.41, 5.74) is 7.10. The second-order valence-corrected chi connectivity index (χ2v) is 9.77. The second kappa shape index (κ2) is 9.81. The Morgan fingerprint density at radius 3 is 2.50 bits per heavy atom. The first-order valence-electron chi connectivity index (χ1n) is 12.8. The Labute approximate surface area is 221 Å². The van der Waals surface area contributed by atoms with Gasteiger partial charge in [-0.1, -0.05) is 0 Å². The van der Waals surface area contributed by atoms with Gasteiger partial charge in [-0.15, -0.1) is 0 Å². The molecule has 0 radical (unpaired) electrons. The summed E-state index contributed by atoms with van der Waals surface area (Å²) < 4.78 is 10.7. The van der Waals surface area contributed by atoms with Crippen molar-refractivity contribution in [2.75, 3.05) is 32.2 Å². The highest BCUT2D eigenvalue weighted by Gasteiger charge is 2.26. The number of ether oxygens (including phenoxy) is 2. The lowest BCUT2D eigenvalue weighted by Gasteiger charge is -2.32. The number of aryl methyl sites for hydroxylation is 2. The molecule has 0 atom stereocenters. The summed E-state index contributed by atoms with van der Waals surface area (Å²) in [6.45, 7) is 5.96. The minimum Gasteiger partial charge on any atom is -0.496 e. The number of fused-ring (bicyclic) bond motifs is 1. The second-order valence-electron chi connectivity index (χ2n) is 9.77. The van der Waals surface area contributed by atoms with Gasteiger partial charge in [-0.25, -0.2) is 19.9 Å². The van der Waals surface area contributed by atoms with Crippen molar-refractivity contribution in [2.24, 2.45) is 0 Å². The van der Waals surface area contributed by atoms with E-state index in [1.807, 2.05) is 18.2 Å². The van der Waals surface area contributed by atoms with E-state index in [0.717, 1.165) is 88.1 Å². The van der Waals surface area contributed by atoms with Gasteiger partial charge in [0.1, 0.15) is 29.4 Å². The van der Waals surface area contributed by atoms with Crippen LogP contribution >= 0.6 is 0 Å². The van der Waals surface area contributed by atoms with Crippen LogP contribution in [0, 0.1) is 13.8 Å². The Morgan fingerprint density at radius 2 is 1.74 bits per heavy atom. The van der Waals surface area contributed by atoms with Gasteiger partial charge in [-0.05, 0) is 62.6 Å². The Bertz CT molecular complexity index is 1600. The van der Waals surface area contributed by atoms with Crippen LogP contribution in [0.5, 0.6) is 11.6 Å². The number of pyridine rings is 1. The average molecular weight is 510 g/mol. The number of hydrogen-bond acceptors (Lipinski definition) is 7. The van der Waals surface area contributed by atoms with Crippen molar-refractivity contribution in [3.63, 3.8) is 0 Å². The molecule has 4 aromatic heterocycles. The molecule has 1 saturated heterocycles. The van der Waals surface area contributed by atoms with Crippen molar-refractivity contribution in [3.8, 4) is 34.1 Å². The van der Waals surface area contributed by atoms with Crippen molar-refractivity contribution in [1.82, 2.24) is 29.9 Å². The van der Waals surface area contributed by atoms with Gasteiger partial charge in [0.2, 0.25) is 5.88 Å². The molecule has 0 unspecified atom stereocenters. The Kier molecular flexibility index (Phi) is 6.19. The highest BCUT2D eigenvalue weighted by molar-refractivity contribution is 5.92. The van der Waals surface area contributed by atoms with Crippen LogP contribution in [0.1, 0.15) is 35.8 Å². The number of aromatic nitrogens is 6. The Hall–Kier alpha value is -4.40. The number of anilines is 1. The quantitative estimate of drug-likeness (QED) is 0.315. The van der Waals surface area contributed by atoms with Gasteiger partial charge in [-0.2, -0.15) is 0 Å². The molecule has 0 amide bonds. The summed E-state index contributed by atoms with van der Waals surface area (Å²) in [4.78, 5) is 27.8. The monoisotopic (exact) mass is 509 g/mol. The lowest BCUT2D eigenvalue weighted by Crippen LogP contribution is -2.33. The zero-order valence-electron chi connectivity index (χ0n) is 22.1. The highest BCUT2D eigenvalue weighted by Crippen LogP contribution is 2.35. The van der Waals surface area contributed by atoms with E-state index in [0.29, 0.717) is 11.8 Å². The van der Waals surface area contributed by atoms with E-state index in [9.17, 15) is 0 Å². The molecule has 1 aliphatic rings. The summed E-state index contributed by atoms with van der Waals surface area (Å²) in [6.07, 6.45) is 5.38. The fourth-order valence-electron chi connectivity index (χ4n) is 5.37. The number of hydrogen-bond donors (Lipinski definition) is 2. The van der Waals surface area contributed by atoms with Gasteiger partial charge in [0.25, 0.3) is 0 Å². The number of methoxy groups -OCH3 is 2. The van der Waals surface area contributed by atoms with E-state index in [2.05, 4.69) is 61.9 Å². The van der Waals surface area contributed by atoms with Crippen molar-refractivity contribution < 1.29 is 9.47 Å². The molecule has 0 bridgehead atoms. The van der Waals surface area contributed by atoms with Crippen LogP contribution in [0.2, 0.25) is 0 Å². The molecule has 9 heteroatoms. The van der Waals surface area contributed by atoms with Crippen LogP contribution in [0.3, 0.4) is 0 Å². The molecule has 194 valence electrons. The molecule has 38 heavy (non-hydrogen) atoms. The first-order valence-corrected chi connectivity index (χ1v) is 12.8. The van der Waals surface area contributed by atoms with Gasteiger partial charge >= 0.3 is 0 Å². The number of benzene rings is 1. The van der Waals surface area contributed by atoms with E-state index < -0.39 is 0 Å². The summed E-state index contributed by atoms with van der Waals surface area (Å²) in [7, 11) is 3.32. The highest BCUT2D eigenvalue weighted by atomic mass is 16.5. The topological polar surface area (TPSA) is 105 Å². The maximum Gasteiger partial charge on any atom is 0.213 e. The molecule has 5 aromatic rings. The molecular weight excluding hydrogens is 478 g/mol. The molecule has 1 aromatic carbocycles. The average Bonchev–Trinajstić information content (AvgIpc) is 3.57. The van der Waals surface area contributed by atoms with E-state index in [1.54, 1.807) is 26.7 Å². The zero-order valence-corrected chi connectivity index (χ0v) is 22.1. The predicted molar refractivity (Wildman–Crippen MR) is 148 cm³/mol. The molecule has 5 heterocycles. The summed E-state index contributed by atoms with van der Waals surface area (Å²) in [5, 5.41) is 1.02. The number of H-pyrrole nitrogens is 2. The minimum atomic E-state index is 0.376. The molecule has 0 spiro atoms. The van der Waals surface area contributed by atoms with E-state index in [1.165, 1.54) is 0 Å². The molecule has 2 N–H and O–H groups in total. The van der Waals surface area contributed by atoms with Crippen LogP contribution in [0.25, 0.3) is 33.5 Å². The first-order chi connectivity index (χ1) is 18.5. The number of nitrogens with zero attached hydrogens (tertiary/aromatic N) is 5. The SMILES string of the molecule is COc1cc(-c2cc3c(N4CCC(c5nc(-c6ccc(OC)c(C)c6)c(C)[nH]5)CC4)ncnc3[nH]2)ccn1. The third-order valence-corrected chi connectivity index (χ3v) is 7.41. The Balaban J connectivity index is 1.21. The third kappa shape index (κ3) is 4.34. The number of piperidine rings is 1. The van der Waals surface area contributed by atoms with Crippen LogP contribution in [0.4, 0.5) is 5.82 Å². The van der Waals surface area contributed by atoms with Gasteiger partial charge < -0.3 is 24.3 Å². The van der Waals surface area contributed by atoms with Gasteiger partial charge in [0, 0.05) is 53.8 Å². The number of nitrogens with one attached hydrogen (secondary N) is 2. The lowest BCUT2D eigenvalue weighted by molar-refractivity contribution is 0.398. The zero-order chi connectivity index (χ0) is 26.2. The number of aromatic amines is 2. The van der Waals surface area contributed by atoms with Crippen LogP contribution in [-0.4, -0.2) is 57.2 Å². The molecule has 0 aliphatic carbocycles. The fourth-order valence-corrected chi connectivity index (χ4v) is 5.37. The number of rotatable bonds is 6. The van der Waals surface area contributed by atoms with Gasteiger partial charge in [0.05, 0.1) is 25.3 Å². The maximum absolute atomic E-state index is 5.42. The molecular formula is C29H31N7O2. The molecule has 1 fully saturated rings. The smallest absolute Gasteiger partial charge is 0.213 e. The molecule has 0 saturated carbocycles. The van der Waals surface area contributed by atoms with Crippen molar-refractivity contribution in [2.45, 2.75) is 32.6 Å². The fraction of sp³-hybridized carbons (Fsp3) is 0.310. The van der Waals surface area contributed by atoms with Crippen LogP contribution in [0.15, 0.2) is 48.9 Å². The largest absolute Gasteiger partial charge is 0.496 e. The van der Waals surface area contributed by atoms with E-state index in [-0.39, 0.29) is 0 Å². The third-order valence-electron chi connectivity index (χ3n) is 7.41. The maximum atomic E-state index is 5.42. The van der Waals surface area contributed by atoms with E-state index >= 15 is 0 Å². The van der Waals surface area contributed by atoms with Crippen LogP contribution < -0.4 is 14.4 Å². The van der Waals surface area contributed by atoms with Gasteiger partial charge in [-0.3, -0.25) is 0 Å². The normalized spacial score (nSPS) is 14.3. The lowest BCUT2D eigenvalue weighted by atomic mass is 9.96. The molecule has 9 nitrogen and oxygen atoms in total. The molecule has 6 rings (SSSR count). The van der Waals surface area contributed by atoms with Crippen molar-refractivity contribution in [3.05, 3.63) is 66.0 Å². The van der Waals surface area contributed by atoms with Crippen LogP contribution in [-0.2, 0) is 0 Å². The van der Waals surface area contributed by atoms with Crippen molar-refractivity contribution in [1.29, 1.82) is 0 Å². The standard InChI is InChI=1S/C29H31N7O2/c1-17-13-21(5-6-24(17)37-3)26-18(2)33-27(35-26)19-8-11-36(12-9-19)29-22-15-23(34-28(22)31-16-32-29)20-7-10-30-25(14-20)38-4/h5-7,10,13-16,19H,8-9,11-12H2,1-4H3,(H,33,35)(H,31,32,34). The van der Waals surface area contributed by atoms with Gasteiger partial charge in [0.15, 0.2) is 0 Å².